The number of piperidine rings is 1. The Morgan fingerprint density at radius 3 is 2.76 bits per heavy atom. The first-order valence-electron chi connectivity index (χ1n) is 7.48. The van der Waals surface area contributed by atoms with E-state index in [1.807, 2.05) is 37.3 Å². The zero-order chi connectivity index (χ0) is 14.4. The number of amides is 1. The lowest BCUT2D eigenvalue weighted by atomic mass is 9.92. The summed E-state index contributed by atoms with van der Waals surface area (Å²) in [4.78, 5) is 12.2. The summed E-state index contributed by atoms with van der Waals surface area (Å²) >= 11 is 0. The molecule has 1 aromatic rings. The van der Waals surface area contributed by atoms with Gasteiger partial charge >= 0.3 is 0 Å². The minimum absolute atomic E-state index is 0. The van der Waals surface area contributed by atoms with Crippen molar-refractivity contribution in [3.63, 3.8) is 0 Å². The Hall–Kier alpha value is -1.26. The molecule has 1 amide bonds. The van der Waals surface area contributed by atoms with Gasteiger partial charge in [0.1, 0.15) is 0 Å². The summed E-state index contributed by atoms with van der Waals surface area (Å²) < 4.78 is 0. The normalized spacial score (nSPS) is 22.8. The number of rotatable bonds is 5. The van der Waals surface area contributed by atoms with Crippen LogP contribution in [0.25, 0.3) is 0 Å². The second kappa shape index (κ2) is 8.90. The molecular formula is C16H26ClN3O. The third-order valence-corrected chi connectivity index (χ3v) is 3.77. The van der Waals surface area contributed by atoms with Gasteiger partial charge in [-0.05, 0) is 45.4 Å². The molecule has 118 valence electrons. The van der Waals surface area contributed by atoms with Crippen LogP contribution in [0, 0.1) is 5.92 Å². The summed E-state index contributed by atoms with van der Waals surface area (Å²) in [7, 11) is 0. The Bertz CT molecular complexity index is 427. The molecule has 1 fully saturated rings. The smallest absolute Gasteiger partial charge is 0.223 e. The van der Waals surface area contributed by atoms with Crippen molar-refractivity contribution in [2.75, 3.05) is 18.4 Å². The summed E-state index contributed by atoms with van der Waals surface area (Å²) in [6, 6.07) is 10.6. The van der Waals surface area contributed by atoms with Gasteiger partial charge in [0.15, 0.2) is 0 Å². The number of nitrogens with one attached hydrogen (secondary N) is 3. The lowest BCUT2D eigenvalue weighted by Crippen LogP contribution is -2.46. The van der Waals surface area contributed by atoms with Crippen LogP contribution in [0.2, 0.25) is 0 Å². The molecule has 1 heterocycles. The Morgan fingerprint density at radius 2 is 2.10 bits per heavy atom. The second-order valence-electron chi connectivity index (χ2n) is 5.73. The maximum absolute atomic E-state index is 12.2. The molecular weight excluding hydrogens is 286 g/mol. The Morgan fingerprint density at radius 1 is 1.38 bits per heavy atom. The van der Waals surface area contributed by atoms with Crippen molar-refractivity contribution in [2.24, 2.45) is 5.92 Å². The lowest BCUT2D eigenvalue weighted by Gasteiger charge is -2.28. The zero-order valence-electron chi connectivity index (χ0n) is 12.8. The fourth-order valence-electron chi connectivity index (χ4n) is 2.61. The van der Waals surface area contributed by atoms with Crippen LogP contribution in [-0.2, 0) is 4.79 Å². The number of benzene rings is 1. The van der Waals surface area contributed by atoms with Crippen molar-refractivity contribution in [3.8, 4) is 0 Å². The first kappa shape index (κ1) is 17.8. The predicted octanol–water partition coefficient (Wildman–Crippen LogP) is 2.41. The molecule has 0 bridgehead atoms. The van der Waals surface area contributed by atoms with E-state index in [-0.39, 0.29) is 30.3 Å². The first-order chi connectivity index (χ1) is 9.65. The molecule has 3 N–H and O–H groups in total. The van der Waals surface area contributed by atoms with Gasteiger partial charge in [-0.25, -0.2) is 0 Å². The molecule has 1 saturated heterocycles. The van der Waals surface area contributed by atoms with Crippen LogP contribution in [0.15, 0.2) is 30.3 Å². The molecule has 21 heavy (non-hydrogen) atoms. The van der Waals surface area contributed by atoms with E-state index in [2.05, 4.69) is 22.9 Å². The molecule has 4 nitrogen and oxygen atoms in total. The van der Waals surface area contributed by atoms with Crippen molar-refractivity contribution in [1.29, 1.82) is 0 Å². The van der Waals surface area contributed by atoms with E-state index in [1.54, 1.807) is 0 Å². The molecule has 1 aromatic carbocycles. The van der Waals surface area contributed by atoms with Crippen LogP contribution in [0.1, 0.15) is 26.7 Å². The highest BCUT2D eigenvalue weighted by Gasteiger charge is 2.25. The van der Waals surface area contributed by atoms with Crippen LogP contribution < -0.4 is 16.0 Å². The molecule has 0 saturated carbocycles. The van der Waals surface area contributed by atoms with E-state index < -0.39 is 0 Å². The monoisotopic (exact) mass is 311 g/mol. The maximum Gasteiger partial charge on any atom is 0.223 e. The van der Waals surface area contributed by atoms with Crippen LogP contribution in [0.3, 0.4) is 0 Å². The fraction of sp³-hybridized carbons (Fsp3) is 0.562. The van der Waals surface area contributed by atoms with E-state index in [4.69, 9.17) is 0 Å². The summed E-state index contributed by atoms with van der Waals surface area (Å²) in [5.74, 6) is 0.353. The van der Waals surface area contributed by atoms with Gasteiger partial charge in [0.25, 0.3) is 0 Å². The highest BCUT2D eigenvalue weighted by Crippen LogP contribution is 2.16. The molecule has 2 rings (SSSR count). The fourth-order valence-corrected chi connectivity index (χ4v) is 2.61. The molecule has 0 spiro atoms. The highest BCUT2D eigenvalue weighted by atomic mass is 35.5. The summed E-state index contributed by atoms with van der Waals surface area (Å²) in [6.07, 6.45) is 1.87. The Kier molecular flexibility index (Phi) is 7.54. The Labute approximate surface area is 133 Å². The largest absolute Gasteiger partial charge is 0.383 e. The molecule has 0 aliphatic carbocycles. The SMILES string of the molecule is CC(CNc1ccccc1)NC(=O)[C@H]1CCN[C@@H](C)C1.Cl. The summed E-state index contributed by atoms with van der Waals surface area (Å²) in [5.41, 5.74) is 1.09. The number of carbonyl (C=O) groups is 1. The van der Waals surface area contributed by atoms with Crippen molar-refractivity contribution >= 4 is 24.0 Å². The van der Waals surface area contributed by atoms with E-state index >= 15 is 0 Å². The number of carbonyl (C=O) groups excluding carboxylic acids is 1. The second-order valence-corrected chi connectivity index (χ2v) is 5.73. The predicted molar refractivity (Wildman–Crippen MR) is 90.0 cm³/mol. The highest BCUT2D eigenvalue weighted by molar-refractivity contribution is 5.85. The van der Waals surface area contributed by atoms with E-state index in [0.29, 0.717) is 6.04 Å². The van der Waals surface area contributed by atoms with Crippen molar-refractivity contribution < 1.29 is 4.79 Å². The quantitative estimate of drug-likeness (QED) is 0.783. The lowest BCUT2D eigenvalue weighted by molar-refractivity contribution is -0.126. The van der Waals surface area contributed by atoms with Crippen LogP contribution in [0.5, 0.6) is 0 Å². The van der Waals surface area contributed by atoms with Gasteiger partial charge in [0.05, 0.1) is 0 Å². The van der Waals surface area contributed by atoms with Gasteiger partial charge < -0.3 is 16.0 Å². The summed E-state index contributed by atoms with van der Waals surface area (Å²) in [5, 5.41) is 9.82. The van der Waals surface area contributed by atoms with Gasteiger partial charge in [0.2, 0.25) is 5.91 Å². The number of hydrogen-bond acceptors (Lipinski definition) is 3. The third-order valence-electron chi connectivity index (χ3n) is 3.77. The number of halogens is 1. The third kappa shape index (κ3) is 5.94. The molecule has 0 aromatic heterocycles. The van der Waals surface area contributed by atoms with Crippen molar-refractivity contribution in [1.82, 2.24) is 10.6 Å². The van der Waals surface area contributed by atoms with Crippen LogP contribution >= 0.6 is 12.4 Å². The topological polar surface area (TPSA) is 53.2 Å². The minimum atomic E-state index is 0. The zero-order valence-corrected chi connectivity index (χ0v) is 13.6. The van der Waals surface area contributed by atoms with E-state index in [9.17, 15) is 4.79 Å². The molecule has 1 aliphatic rings. The van der Waals surface area contributed by atoms with Crippen LogP contribution in [0.4, 0.5) is 5.69 Å². The molecule has 1 aliphatic heterocycles. The van der Waals surface area contributed by atoms with Crippen molar-refractivity contribution in [3.05, 3.63) is 30.3 Å². The standard InChI is InChI=1S/C16H25N3O.ClH/c1-12-10-14(8-9-17-12)16(20)19-13(2)11-18-15-6-4-3-5-7-15;/h3-7,12-14,17-18H,8-11H2,1-2H3,(H,19,20);1H/t12-,13?,14-;/m0./s1. The summed E-state index contributed by atoms with van der Waals surface area (Å²) in [6.45, 7) is 5.87. The van der Waals surface area contributed by atoms with Gasteiger partial charge in [0, 0.05) is 30.2 Å². The maximum atomic E-state index is 12.2. The average molecular weight is 312 g/mol. The number of hydrogen-bond donors (Lipinski definition) is 3. The van der Waals surface area contributed by atoms with E-state index in [0.717, 1.165) is 31.6 Å². The molecule has 5 heteroatoms. The molecule has 0 radical (unpaired) electrons. The molecule has 1 unspecified atom stereocenters. The number of anilines is 1. The van der Waals surface area contributed by atoms with Gasteiger partial charge in [-0.2, -0.15) is 0 Å². The molecule has 3 atom stereocenters. The van der Waals surface area contributed by atoms with Crippen LogP contribution in [-0.4, -0.2) is 31.1 Å². The van der Waals surface area contributed by atoms with Gasteiger partial charge in [-0.1, -0.05) is 18.2 Å². The minimum Gasteiger partial charge on any atom is -0.383 e. The van der Waals surface area contributed by atoms with Gasteiger partial charge in [-0.15, -0.1) is 12.4 Å². The first-order valence-corrected chi connectivity index (χ1v) is 7.48. The van der Waals surface area contributed by atoms with E-state index in [1.165, 1.54) is 0 Å². The van der Waals surface area contributed by atoms with Gasteiger partial charge in [-0.3, -0.25) is 4.79 Å². The van der Waals surface area contributed by atoms with Crippen molar-refractivity contribution in [2.45, 2.75) is 38.8 Å². The Balaban J connectivity index is 0.00000220. The number of para-hydroxylation sites is 1. The average Bonchev–Trinajstić information content (AvgIpc) is 2.46.